The van der Waals surface area contributed by atoms with E-state index in [1.54, 1.807) is 6.07 Å². The molecule has 2 rings (SSSR count). The molecule has 1 aromatic carbocycles. The van der Waals surface area contributed by atoms with Crippen LogP contribution in [0.4, 0.5) is 4.39 Å². The van der Waals surface area contributed by atoms with Crippen LogP contribution in [-0.4, -0.2) is 12.5 Å². The molecule has 0 heterocycles. The van der Waals surface area contributed by atoms with E-state index in [4.69, 9.17) is 0 Å². The van der Waals surface area contributed by atoms with Crippen molar-refractivity contribution >= 4 is 21.8 Å². The molecule has 1 saturated carbocycles. The number of hydrogen-bond acceptors (Lipinski definition) is 1. The Morgan fingerprint density at radius 3 is 2.78 bits per heavy atom. The molecule has 1 aliphatic rings. The third kappa shape index (κ3) is 2.74. The summed E-state index contributed by atoms with van der Waals surface area (Å²) in [4.78, 5) is 12.0. The molecule has 1 aromatic rings. The van der Waals surface area contributed by atoms with Crippen LogP contribution in [0.3, 0.4) is 0 Å². The molecule has 0 bridgehead atoms. The van der Waals surface area contributed by atoms with Crippen LogP contribution >= 0.6 is 15.9 Å². The summed E-state index contributed by atoms with van der Waals surface area (Å²) in [5, 5.41) is 2.93. The average Bonchev–Trinajstić information content (AvgIpc) is 2.31. The fourth-order valence-corrected chi connectivity index (χ4v) is 2.79. The average molecular weight is 314 g/mol. The number of halogens is 2. The van der Waals surface area contributed by atoms with Gasteiger partial charge in [0.05, 0.1) is 5.56 Å². The van der Waals surface area contributed by atoms with Crippen molar-refractivity contribution in [3.05, 3.63) is 34.1 Å². The standard InChI is InChI=1S/C14H17BrFNO/c1-2-14(6-3-7-14)9-17-13(18)11-8-10(16)4-5-12(11)15/h4-5,8H,2-3,6-7,9H2,1H3,(H,17,18). The van der Waals surface area contributed by atoms with Gasteiger partial charge in [0.25, 0.3) is 5.91 Å². The first kappa shape index (κ1) is 13.5. The van der Waals surface area contributed by atoms with Crippen molar-refractivity contribution in [3.63, 3.8) is 0 Å². The summed E-state index contributed by atoms with van der Waals surface area (Å²) in [5.74, 6) is -0.599. The molecule has 0 atom stereocenters. The summed E-state index contributed by atoms with van der Waals surface area (Å²) in [6.07, 6.45) is 4.67. The molecule has 1 N–H and O–H groups in total. The molecule has 1 aliphatic carbocycles. The maximum Gasteiger partial charge on any atom is 0.252 e. The molecular formula is C14H17BrFNO. The van der Waals surface area contributed by atoms with Crippen LogP contribution in [0.5, 0.6) is 0 Å². The highest BCUT2D eigenvalue weighted by atomic mass is 79.9. The minimum atomic E-state index is -0.391. The van der Waals surface area contributed by atoms with Crippen LogP contribution in [0.15, 0.2) is 22.7 Å². The molecule has 18 heavy (non-hydrogen) atoms. The lowest BCUT2D eigenvalue weighted by atomic mass is 9.67. The van der Waals surface area contributed by atoms with Gasteiger partial charge in [-0.1, -0.05) is 13.3 Å². The van der Waals surface area contributed by atoms with Gasteiger partial charge in [-0.2, -0.15) is 0 Å². The lowest BCUT2D eigenvalue weighted by Crippen LogP contribution is -2.41. The van der Waals surface area contributed by atoms with Crippen LogP contribution < -0.4 is 5.32 Å². The van der Waals surface area contributed by atoms with E-state index < -0.39 is 5.82 Å². The van der Waals surface area contributed by atoms with Crippen molar-refractivity contribution < 1.29 is 9.18 Å². The minimum Gasteiger partial charge on any atom is -0.351 e. The van der Waals surface area contributed by atoms with Gasteiger partial charge in [-0.15, -0.1) is 0 Å². The largest absolute Gasteiger partial charge is 0.351 e. The summed E-state index contributed by atoms with van der Waals surface area (Å²) in [5.41, 5.74) is 0.635. The number of hydrogen-bond donors (Lipinski definition) is 1. The highest BCUT2D eigenvalue weighted by Crippen LogP contribution is 2.43. The van der Waals surface area contributed by atoms with Gasteiger partial charge >= 0.3 is 0 Å². The lowest BCUT2D eigenvalue weighted by molar-refractivity contribution is 0.0849. The van der Waals surface area contributed by atoms with Gasteiger partial charge in [0.2, 0.25) is 0 Å². The lowest BCUT2D eigenvalue weighted by Gasteiger charge is -2.41. The molecule has 2 nitrogen and oxygen atoms in total. The second kappa shape index (κ2) is 5.39. The van der Waals surface area contributed by atoms with E-state index in [0.29, 0.717) is 16.6 Å². The zero-order valence-electron chi connectivity index (χ0n) is 10.4. The molecular weight excluding hydrogens is 297 g/mol. The quantitative estimate of drug-likeness (QED) is 0.897. The first-order valence-corrected chi connectivity index (χ1v) is 7.09. The van der Waals surface area contributed by atoms with E-state index in [0.717, 1.165) is 6.42 Å². The van der Waals surface area contributed by atoms with Gasteiger partial charge in [-0.3, -0.25) is 4.79 Å². The van der Waals surface area contributed by atoms with Gasteiger partial charge in [0.15, 0.2) is 0 Å². The topological polar surface area (TPSA) is 29.1 Å². The zero-order valence-corrected chi connectivity index (χ0v) is 12.0. The molecule has 1 amide bonds. The third-order valence-corrected chi connectivity index (χ3v) is 4.65. The maximum absolute atomic E-state index is 13.1. The van der Waals surface area contributed by atoms with Crippen LogP contribution in [0, 0.1) is 11.2 Å². The maximum atomic E-state index is 13.1. The van der Waals surface area contributed by atoms with Crippen molar-refractivity contribution in [1.82, 2.24) is 5.32 Å². The van der Waals surface area contributed by atoms with Gasteiger partial charge in [0.1, 0.15) is 5.82 Å². The van der Waals surface area contributed by atoms with E-state index in [9.17, 15) is 9.18 Å². The molecule has 0 aromatic heterocycles. The van der Waals surface area contributed by atoms with Crippen molar-refractivity contribution in [1.29, 1.82) is 0 Å². The van der Waals surface area contributed by atoms with Crippen LogP contribution in [0.1, 0.15) is 43.0 Å². The second-order valence-electron chi connectivity index (χ2n) is 5.01. The first-order valence-electron chi connectivity index (χ1n) is 6.29. The Balaban J connectivity index is 2.01. The number of benzene rings is 1. The van der Waals surface area contributed by atoms with Crippen molar-refractivity contribution in [2.24, 2.45) is 5.41 Å². The molecule has 0 spiro atoms. The van der Waals surface area contributed by atoms with Gasteiger partial charge in [-0.25, -0.2) is 4.39 Å². The summed E-state index contributed by atoms with van der Waals surface area (Å²) in [6.45, 7) is 2.84. The number of carbonyl (C=O) groups excluding carboxylic acids is 1. The van der Waals surface area contributed by atoms with Crippen LogP contribution in [0.2, 0.25) is 0 Å². The van der Waals surface area contributed by atoms with Crippen molar-refractivity contribution in [2.75, 3.05) is 6.54 Å². The Hall–Kier alpha value is -0.900. The van der Waals surface area contributed by atoms with Crippen molar-refractivity contribution in [3.8, 4) is 0 Å². The molecule has 4 heteroatoms. The van der Waals surface area contributed by atoms with E-state index in [-0.39, 0.29) is 11.3 Å². The van der Waals surface area contributed by atoms with Crippen LogP contribution in [0.25, 0.3) is 0 Å². The number of rotatable bonds is 4. The Morgan fingerprint density at radius 1 is 1.50 bits per heavy atom. The fraction of sp³-hybridized carbons (Fsp3) is 0.500. The Bertz CT molecular complexity index is 452. The Morgan fingerprint density at radius 2 is 2.22 bits per heavy atom. The van der Waals surface area contributed by atoms with E-state index in [1.165, 1.54) is 31.4 Å². The van der Waals surface area contributed by atoms with Crippen LogP contribution in [-0.2, 0) is 0 Å². The Kier molecular flexibility index (Phi) is 4.05. The smallest absolute Gasteiger partial charge is 0.252 e. The van der Waals surface area contributed by atoms with E-state index in [1.807, 2.05) is 0 Å². The van der Waals surface area contributed by atoms with Crippen molar-refractivity contribution in [2.45, 2.75) is 32.6 Å². The fourth-order valence-electron chi connectivity index (χ4n) is 2.37. The predicted molar refractivity (Wildman–Crippen MR) is 73.0 cm³/mol. The van der Waals surface area contributed by atoms with E-state index in [2.05, 4.69) is 28.2 Å². The zero-order chi connectivity index (χ0) is 13.2. The number of carbonyl (C=O) groups is 1. The van der Waals surface area contributed by atoms with Gasteiger partial charge in [-0.05, 0) is 58.8 Å². The second-order valence-corrected chi connectivity index (χ2v) is 5.87. The predicted octanol–water partition coefficient (Wildman–Crippen LogP) is 3.90. The first-order chi connectivity index (χ1) is 8.56. The minimum absolute atomic E-state index is 0.207. The highest BCUT2D eigenvalue weighted by Gasteiger charge is 2.35. The van der Waals surface area contributed by atoms with E-state index >= 15 is 0 Å². The summed E-state index contributed by atoms with van der Waals surface area (Å²) >= 11 is 3.27. The summed E-state index contributed by atoms with van der Waals surface area (Å²) < 4.78 is 13.7. The third-order valence-electron chi connectivity index (χ3n) is 3.96. The summed E-state index contributed by atoms with van der Waals surface area (Å²) in [7, 11) is 0. The summed E-state index contributed by atoms with van der Waals surface area (Å²) in [6, 6.07) is 4.16. The number of nitrogens with one attached hydrogen (secondary N) is 1. The highest BCUT2D eigenvalue weighted by molar-refractivity contribution is 9.10. The monoisotopic (exact) mass is 313 g/mol. The van der Waals surface area contributed by atoms with Gasteiger partial charge in [0, 0.05) is 11.0 Å². The molecule has 98 valence electrons. The normalized spacial score (nSPS) is 17.1. The van der Waals surface area contributed by atoms with Gasteiger partial charge < -0.3 is 5.32 Å². The molecule has 1 fully saturated rings. The molecule has 0 saturated heterocycles. The Labute approximate surface area is 115 Å². The number of amides is 1. The SMILES string of the molecule is CCC1(CNC(=O)c2cc(F)ccc2Br)CCC1. The molecule has 0 aliphatic heterocycles. The molecule has 0 radical (unpaired) electrons. The molecule has 0 unspecified atom stereocenters.